The summed E-state index contributed by atoms with van der Waals surface area (Å²) in [4.78, 5) is 16.5. The maximum atomic E-state index is 11.5. The van der Waals surface area contributed by atoms with Gasteiger partial charge in [-0.3, -0.25) is 9.63 Å². The van der Waals surface area contributed by atoms with E-state index < -0.39 is 6.10 Å². The van der Waals surface area contributed by atoms with Crippen molar-refractivity contribution in [1.82, 2.24) is 5.06 Å². The lowest BCUT2D eigenvalue weighted by Crippen LogP contribution is -2.31. The van der Waals surface area contributed by atoms with E-state index in [1.54, 1.807) is 0 Å². The Bertz CT molecular complexity index is 368. The Balaban J connectivity index is 1.70. The molecule has 0 unspecified atom stereocenters. The van der Waals surface area contributed by atoms with Crippen LogP contribution in [0.25, 0.3) is 0 Å². The van der Waals surface area contributed by atoms with Crippen LogP contribution >= 0.6 is 0 Å². The van der Waals surface area contributed by atoms with Crippen LogP contribution in [0.4, 0.5) is 0 Å². The zero-order valence-corrected chi connectivity index (χ0v) is 9.41. The third-order valence-electron chi connectivity index (χ3n) is 2.41. The van der Waals surface area contributed by atoms with Crippen molar-refractivity contribution in [3.05, 3.63) is 35.9 Å². The average molecular weight is 237 g/mol. The molecule has 0 radical (unpaired) electrons. The Morgan fingerprint density at radius 2 is 2.24 bits per heavy atom. The van der Waals surface area contributed by atoms with Gasteiger partial charge >= 0.3 is 0 Å². The van der Waals surface area contributed by atoms with Crippen molar-refractivity contribution in [3.63, 3.8) is 0 Å². The lowest BCUT2D eigenvalue weighted by atomic mass is 10.2. The summed E-state index contributed by atoms with van der Waals surface area (Å²) in [5, 5.41) is 10.3. The fraction of sp³-hybridized carbons (Fsp3) is 0.417. The van der Waals surface area contributed by atoms with Crippen LogP contribution in [0.1, 0.15) is 5.56 Å². The van der Waals surface area contributed by atoms with Crippen molar-refractivity contribution >= 4 is 5.91 Å². The number of hydrogen-bond acceptors (Lipinski definition) is 4. The monoisotopic (exact) mass is 237 g/mol. The number of carbonyl (C=O) groups excluding carboxylic acids is 1. The van der Waals surface area contributed by atoms with Gasteiger partial charge in [0.25, 0.3) is 5.91 Å². The smallest absolute Gasteiger partial charge is 0.272 e. The van der Waals surface area contributed by atoms with Crippen molar-refractivity contribution in [2.24, 2.45) is 0 Å². The summed E-state index contributed by atoms with van der Waals surface area (Å²) in [7, 11) is 0. The van der Waals surface area contributed by atoms with Crippen molar-refractivity contribution in [3.8, 4) is 0 Å². The molecule has 5 nitrogen and oxygen atoms in total. The fourth-order valence-corrected chi connectivity index (χ4v) is 1.55. The molecule has 1 aliphatic heterocycles. The van der Waals surface area contributed by atoms with Gasteiger partial charge in [-0.25, -0.2) is 5.06 Å². The minimum atomic E-state index is -0.590. The summed E-state index contributed by atoms with van der Waals surface area (Å²) in [6.07, 6.45) is -0.590. The van der Waals surface area contributed by atoms with Crippen molar-refractivity contribution in [2.45, 2.75) is 12.7 Å². The maximum absolute atomic E-state index is 11.5. The molecule has 1 aromatic rings. The predicted molar refractivity (Wildman–Crippen MR) is 59.8 cm³/mol. The van der Waals surface area contributed by atoms with E-state index in [1.165, 1.54) is 0 Å². The lowest BCUT2D eigenvalue weighted by Gasteiger charge is -2.13. The SMILES string of the molecule is O=C(COCc1ccccc1)N1C[C@@H](O)CO1. The number of β-amino-alcohol motifs (C(OH)–C–C–N with tert-alkyl or cyclic N) is 1. The third kappa shape index (κ3) is 3.52. The topological polar surface area (TPSA) is 59.0 Å². The minimum Gasteiger partial charge on any atom is -0.389 e. The second-order valence-electron chi connectivity index (χ2n) is 3.88. The molecule has 1 amide bonds. The van der Waals surface area contributed by atoms with Gasteiger partial charge in [0.05, 0.1) is 13.2 Å². The number of hydrogen-bond donors (Lipinski definition) is 1. The van der Waals surface area contributed by atoms with Crippen LogP contribution in [0.3, 0.4) is 0 Å². The van der Waals surface area contributed by atoms with Crippen molar-refractivity contribution in [2.75, 3.05) is 19.8 Å². The quantitative estimate of drug-likeness (QED) is 0.820. The molecule has 1 heterocycles. The summed E-state index contributed by atoms with van der Waals surface area (Å²) in [5.74, 6) is -0.266. The number of aliphatic hydroxyl groups is 1. The molecule has 92 valence electrons. The van der Waals surface area contributed by atoms with Crippen LogP contribution < -0.4 is 0 Å². The van der Waals surface area contributed by atoms with E-state index in [4.69, 9.17) is 9.57 Å². The Kier molecular flexibility index (Phi) is 4.08. The predicted octanol–water partition coefficient (Wildman–Crippen LogP) is 0.338. The molecular formula is C12H15NO4. The summed E-state index contributed by atoms with van der Waals surface area (Å²) in [5.41, 5.74) is 1.02. The van der Waals surface area contributed by atoms with Gasteiger partial charge in [0.2, 0.25) is 0 Å². The lowest BCUT2D eigenvalue weighted by molar-refractivity contribution is -0.173. The minimum absolute atomic E-state index is 0.0401. The van der Waals surface area contributed by atoms with Crippen LogP contribution in [-0.4, -0.2) is 41.9 Å². The first-order valence-corrected chi connectivity index (χ1v) is 5.49. The Morgan fingerprint density at radius 3 is 2.88 bits per heavy atom. The Morgan fingerprint density at radius 1 is 1.47 bits per heavy atom. The van der Waals surface area contributed by atoms with E-state index in [-0.39, 0.29) is 25.7 Å². The molecule has 1 fully saturated rings. The zero-order valence-electron chi connectivity index (χ0n) is 9.41. The molecule has 0 saturated carbocycles. The molecule has 0 bridgehead atoms. The summed E-state index contributed by atoms with van der Waals surface area (Å²) in [6, 6.07) is 9.62. The molecular weight excluding hydrogens is 222 g/mol. The molecule has 1 aromatic carbocycles. The molecule has 1 saturated heterocycles. The summed E-state index contributed by atoms with van der Waals surface area (Å²) >= 11 is 0. The van der Waals surface area contributed by atoms with Gasteiger partial charge in [-0.15, -0.1) is 0 Å². The third-order valence-corrected chi connectivity index (χ3v) is 2.41. The number of rotatable bonds is 4. The van der Waals surface area contributed by atoms with E-state index in [1.807, 2.05) is 30.3 Å². The highest BCUT2D eigenvalue weighted by Gasteiger charge is 2.25. The van der Waals surface area contributed by atoms with Crippen LogP contribution in [0.2, 0.25) is 0 Å². The first-order chi connectivity index (χ1) is 8.25. The van der Waals surface area contributed by atoms with Gasteiger partial charge in [0, 0.05) is 0 Å². The molecule has 0 aromatic heterocycles. The highest BCUT2D eigenvalue weighted by atomic mass is 16.7. The van der Waals surface area contributed by atoms with E-state index >= 15 is 0 Å². The van der Waals surface area contributed by atoms with Gasteiger partial charge < -0.3 is 9.84 Å². The first-order valence-electron chi connectivity index (χ1n) is 5.49. The van der Waals surface area contributed by atoms with E-state index in [0.29, 0.717) is 6.61 Å². The molecule has 1 aliphatic rings. The molecule has 17 heavy (non-hydrogen) atoms. The van der Waals surface area contributed by atoms with Gasteiger partial charge in [-0.1, -0.05) is 30.3 Å². The van der Waals surface area contributed by atoms with Gasteiger partial charge in [0.1, 0.15) is 19.3 Å². The van der Waals surface area contributed by atoms with Crippen LogP contribution in [0, 0.1) is 0 Å². The molecule has 1 N–H and O–H groups in total. The fourth-order valence-electron chi connectivity index (χ4n) is 1.55. The second kappa shape index (κ2) is 5.77. The molecule has 0 aliphatic carbocycles. The van der Waals surface area contributed by atoms with Gasteiger partial charge in [0.15, 0.2) is 0 Å². The van der Waals surface area contributed by atoms with Gasteiger partial charge in [-0.2, -0.15) is 0 Å². The van der Waals surface area contributed by atoms with Crippen LogP contribution in [0.5, 0.6) is 0 Å². The standard InChI is InChI=1S/C12H15NO4/c14-11-6-13(17-8-11)12(15)9-16-7-10-4-2-1-3-5-10/h1-5,11,14H,6-9H2/t11-/m1/s1. The number of ether oxygens (including phenoxy) is 1. The second-order valence-corrected chi connectivity index (χ2v) is 3.88. The highest BCUT2D eigenvalue weighted by molar-refractivity contribution is 5.76. The zero-order chi connectivity index (χ0) is 12.1. The molecule has 1 atom stereocenters. The van der Waals surface area contributed by atoms with E-state index in [2.05, 4.69) is 0 Å². The van der Waals surface area contributed by atoms with Crippen molar-refractivity contribution < 1.29 is 19.5 Å². The normalized spacial score (nSPS) is 19.6. The number of carbonyl (C=O) groups is 1. The largest absolute Gasteiger partial charge is 0.389 e. The van der Waals surface area contributed by atoms with Crippen LogP contribution in [-0.2, 0) is 21.0 Å². The highest BCUT2D eigenvalue weighted by Crippen LogP contribution is 2.06. The Hall–Kier alpha value is -1.43. The first kappa shape index (κ1) is 12.0. The number of amides is 1. The number of aliphatic hydroxyl groups excluding tert-OH is 1. The maximum Gasteiger partial charge on any atom is 0.272 e. The summed E-state index contributed by atoms with van der Waals surface area (Å²) in [6.45, 7) is 0.739. The number of hydroxylamine groups is 2. The van der Waals surface area contributed by atoms with E-state index in [9.17, 15) is 9.90 Å². The number of nitrogens with zero attached hydrogens (tertiary/aromatic N) is 1. The molecule has 2 rings (SSSR count). The van der Waals surface area contributed by atoms with E-state index in [0.717, 1.165) is 10.6 Å². The molecule has 5 heteroatoms. The average Bonchev–Trinajstić information content (AvgIpc) is 2.77. The summed E-state index contributed by atoms with van der Waals surface area (Å²) < 4.78 is 5.28. The number of benzene rings is 1. The molecule has 0 spiro atoms. The van der Waals surface area contributed by atoms with Crippen LogP contribution in [0.15, 0.2) is 30.3 Å². The van der Waals surface area contributed by atoms with Gasteiger partial charge in [-0.05, 0) is 5.56 Å². The Labute approximate surface area is 99.5 Å². The van der Waals surface area contributed by atoms with Crippen molar-refractivity contribution in [1.29, 1.82) is 0 Å².